The minimum atomic E-state index is -0.509. The summed E-state index contributed by atoms with van der Waals surface area (Å²) in [6.07, 6.45) is 0. The molecule has 0 saturated heterocycles. The van der Waals surface area contributed by atoms with Crippen molar-refractivity contribution in [2.75, 3.05) is 0 Å². The van der Waals surface area contributed by atoms with E-state index in [1.807, 2.05) is 37.3 Å². The van der Waals surface area contributed by atoms with Gasteiger partial charge in [0, 0.05) is 6.54 Å². The fraction of sp³-hybridized carbons (Fsp3) is 0.133. The molecule has 2 aromatic rings. The van der Waals surface area contributed by atoms with Gasteiger partial charge in [-0.05, 0) is 42.3 Å². The average Bonchev–Trinajstić information content (AvgIpc) is 2.38. The standard InChI is InChI=1S/C15H16N2O2/c1-10-5-6-13(15(17)18)14(7-10)19-12-4-2-3-11(8-12)9-16/h2-8H,9,16H2,1H3,(H2,17,18). The monoisotopic (exact) mass is 256 g/mol. The van der Waals surface area contributed by atoms with Crippen molar-refractivity contribution in [3.8, 4) is 11.5 Å². The first-order chi connectivity index (χ1) is 9.10. The predicted molar refractivity (Wildman–Crippen MR) is 74.1 cm³/mol. The van der Waals surface area contributed by atoms with Crippen LogP contribution in [0.25, 0.3) is 0 Å². The quantitative estimate of drug-likeness (QED) is 0.881. The lowest BCUT2D eigenvalue weighted by molar-refractivity contribution is 0.0998. The van der Waals surface area contributed by atoms with Gasteiger partial charge in [0.15, 0.2) is 0 Å². The molecule has 2 rings (SSSR count). The lowest BCUT2D eigenvalue weighted by Gasteiger charge is -2.11. The molecule has 98 valence electrons. The smallest absolute Gasteiger partial charge is 0.252 e. The van der Waals surface area contributed by atoms with Crippen LogP contribution in [0.3, 0.4) is 0 Å². The van der Waals surface area contributed by atoms with E-state index in [4.69, 9.17) is 16.2 Å². The lowest BCUT2D eigenvalue weighted by Crippen LogP contribution is -2.12. The Morgan fingerprint density at radius 3 is 2.68 bits per heavy atom. The highest BCUT2D eigenvalue weighted by Gasteiger charge is 2.10. The van der Waals surface area contributed by atoms with Crippen LogP contribution in [0.5, 0.6) is 11.5 Å². The van der Waals surface area contributed by atoms with E-state index in [1.165, 1.54) is 0 Å². The molecule has 0 spiro atoms. The summed E-state index contributed by atoms with van der Waals surface area (Å²) in [5.74, 6) is 0.586. The van der Waals surface area contributed by atoms with Crippen LogP contribution < -0.4 is 16.2 Å². The van der Waals surface area contributed by atoms with Crippen LogP contribution in [0.1, 0.15) is 21.5 Å². The maximum Gasteiger partial charge on any atom is 0.252 e. The summed E-state index contributed by atoms with van der Waals surface area (Å²) in [5, 5.41) is 0. The van der Waals surface area contributed by atoms with Crippen molar-refractivity contribution < 1.29 is 9.53 Å². The fourth-order valence-electron chi connectivity index (χ4n) is 1.78. The highest BCUT2D eigenvalue weighted by Crippen LogP contribution is 2.26. The van der Waals surface area contributed by atoms with Gasteiger partial charge in [-0.2, -0.15) is 0 Å². The Balaban J connectivity index is 2.36. The van der Waals surface area contributed by atoms with E-state index in [2.05, 4.69) is 0 Å². The molecule has 19 heavy (non-hydrogen) atoms. The Kier molecular flexibility index (Phi) is 3.82. The second kappa shape index (κ2) is 5.54. The van der Waals surface area contributed by atoms with Gasteiger partial charge in [0.1, 0.15) is 11.5 Å². The number of amides is 1. The van der Waals surface area contributed by atoms with Crippen molar-refractivity contribution in [3.05, 3.63) is 59.2 Å². The van der Waals surface area contributed by atoms with Crippen molar-refractivity contribution in [2.45, 2.75) is 13.5 Å². The Morgan fingerprint density at radius 1 is 1.21 bits per heavy atom. The maximum absolute atomic E-state index is 11.4. The molecular formula is C15H16N2O2. The summed E-state index contributed by atoms with van der Waals surface area (Å²) in [6, 6.07) is 12.7. The second-order valence-corrected chi connectivity index (χ2v) is 4.32. The number of ether oxygens (including phenoxy) is 1. The van der Waals surface area contributed by atoms with E-state index in [0.717, 1.165) is 11.1 Å². The van der Waals surface area contributed by atoms with E-state index in [1.54, 1.807) is 12.1 Å². The van der Waals surface area contributed by atoms with Crippen molar-refractivity contribution >= 4 is 5.91 Å². The molecule has 0 fully saturated rings. The molecule has 4 N–H and O–H groups in total. The number of carbonyl (C=O) groups is 1. The average molecular weight is 256 g/mol. The van der Waals surface area contributed by atoms with Crippen LogP contribution in [0.15, 0.2) is 42.5 Å². The van der Waals surface area contributed by atoms with Crippen LogP contribution in [-0.2, 0) is 6.54 Å². The van der Waals surface area contributed by atoms with E-state index >= 15 is 0 Å². The van der Waals surface area contributed by atoms with Crippen molar-refractivity contribution in [1.29, 1.82) is 0 Å². The number of hydrogen-bond donors (Lipinski definition) is 2. The number of primary amides is 1. The SMILES string of the molecule is Cc1ccc(C(N)=O)c(Oc2cccc(CN)c2)c1. The third-order valence-electron chi connectivity index (χ3n) is 2.76. The van der Waals surface area contributed by atoms with Gasteiger partial charge < -0.3 is 16.2 Å². The summed E-state index contributed by atoms with van der Waals surface area (Å²) in [7, 11) is 0. The van der Waals surface area contributed by atoms with Gasteiger partial charge in [0.05, 0.1) is 5.56 Å². The molecule has 0 bridgehead atoms. The Labute approximate surface area is 112 Å². The van der Waals surface area contributed by atoms with Crippen LogP contribution >= 0.6 is 0 Å². The van der Waals surface area contributed by atoms with Gasteiger partial charge in [-0.25, -0.2) is 0 Å². The maximum atomic E-state index is 11.4. The molecular weight excluding hydrogens is 240 g/mol. The molecule has 0 heterocycles. The van der Waals surface area contributed by atoms with E-state index < -0.39 is 5.91 Å². The van der Waals surface area contributed by atoms with Gasteiger partial charge in [0.25, 0.3) is 5.91 Å². The molecule has 0 radical (unpaired) electrons. The van der Waals surface area contributed by atoms with Crippen molar-refractivity contribution in [3.63, 3.8) is 0 Å². The minimum Gasteiger partial charge on any atom is -0.457 e. The van der Waals surface area contributed by atoms with E-state index in [0.29, 0.717) is 23.6 Å². The summed E-state index contributed by atoms with van der Waals surface area (Å²) in [4.78, 5) is 11.4. The molecule has 0 saturated carbocycles. The number of benzene rings is 2. The number of carbonyl (C=O) groups excluding carboxylic acids is 1. The summed E-state index contributed by atoms with van der Waals surface area (Å²) in [5.41, 5.74) is 13.2. The minimum absolute atomic E-state index is 0.365. The molecule has 0 aromatic heterocycles. The van der Waals surface area contributed by atoms with Crippen molar-refractivity contribution in [2.24, 2.45) is 11.5 Å². The first-order valence-electron chi connectivity index (χ1n) is 5.97. The highest BCUT2D eigenvalue weighted by molar-refractivity contribution is 5.95. The van der Waals surface area contributed by atoms with Crippen molar-refractivity contribution in [1.82, 2.24) is 0 Å². The Hall–Kier alpha value is -2.33. The first-order valence-corrected chi connectivity index (χ1v) is 5.97. The highest BCUT2D eigenvalue weighted by atomic mass is 16.5. The molecule has 0 aliphatic carbocycles. The molecule has 0 atom stereocenters. The molecule has 0 aliphatic heterocycles. The largest absolute Gasteiger partial charge is 0.457 e. The predicted octanol–water partition coefficient (Wildman–Crippen LogP) is 2.34. The van der Waals surface area contributed by atoms with Gasteiger partial charge in [-0.15, -0.1) is 0 Å². The molecule has 0 aliphatic rings. The summed E-state index contributed by atoms with van der Waals surface area (Å²) >= 11 is 0. The second-order valence-electron chi connectivity index (χ2n) is 4.32. The number of rotatable bonds is 4. The fourth-order valence-corrected chi connectivity index (χ4v) is 1.78. The third kappa shape index (κ3) is 3.11. The Bertz CT molecular complexity index is 609. The molecule has 1 amide bonds. The van der Waals surface area contributed by atoms with E-state index in [-0.39, 0.29) is 0 Å². The zero-order valence-electron chi connectivity index (χ0n) is 10.7. The van der Waals surface area contributed by atoms with Crippen LogP contribution in [-0.4, -0.2) is 5.91 Å². The molecule has 0 unspecified atom stereocenters. The van der Waals surface area contributed by atoms with Gasteiger partial charge in [-0.1, -0.05) is 18.2 Å². The molecule has 2 aromatic carbocycles. The summed E-state index contributed by atoms with van der Waals surface area (Å²) in [6.45, 7) is 2.36. The van der Waals surface area contributed by atoms with Gasteiger partial charge in [-0.3, -0.25) is 4.79 Å². The number of nitrogens with two attached hydrogens (primary N) is 2. The van der Waals surface area contributed by atoms with Crippen LogP contribution in [0.4, 0.5) is 0 Å². The van der Waals surface area contributed by atoms with Gasteiger partial charge in [0.2, 0.25) is 0 Å². The topological polar surface area (TPSA) is 78.3 Å². The van der Waals surface area contributed by atoms with Gasteiger partial charge >= 0.3 is 0 Å². The first kappa shape index (κ1) is 13.1. The lowest BCUT2D eigenvalue weighted by atomic mass is 10.1. The normalized spacial score (nSPS) is 10.2. The van der Waals surface area contributed by atoms with Crippen LogP contribution in [0.2, 0.25) is 0 Å². The molecule has 4 nitrogen and oxygen atoms in total. The Morgan fingerprint density at radius 2 is 2.00 bits per heavy atom. The zero-order chi connectivity index (χ0) is 13.8. The van der Waals surface area contributed by atoms with Crippen LogP contribution in [0, 0.1) is 6.92 Å². The number of aryl methyl sites for hydroxylation is 1. The number of hydrogen-bond acceptors (Lipinski definition) is 3. The molecule has 4 heteroatoms. The zero-order valence-corrected chi connectivity index (χ0v) is 10.7. The van der Waals surface area contributed by atoms with E-state index in [9.17, 15) is 4.79 Å². The third-order valence-corrected chi connectivity index (χ3v) is 2.76. The summed E-state index contributed by atoms with van der Waals surface area (Å²) < 4.78 is 5.74.